The third-order valence-electron chi connectivity index (χ3n) is 4.48. The van der Waals surface area contributed by atoms with Gasteiger partial charge in [0.05, 0.1) is 5.25 Å². The Morgan fingerprint density at radius 2 is 1.88 bits per heavy atom. The second-order valence-electron chi connectivity index (χ2n) is 5.52. The van der Waals surface area contributed by atoms with Crippen LogP contribution in [0.25, 0.3) is 0 Å². The number of carbonyl (C=O) groups is 1. The maximum atomic E-state index is 12.3. The molecule has 0 aromatic carbocycles. The first kappa shape index (κ1) is 13.3. The monoisotopic (exact) mass is 255 g/mol. The number of hydrogen-bond acceptors (Lipinski definition) is 2. The summed E-state index contributed by atoms with van der Waals surface area (Å²) in [4.78, 5) is 14.5. The number of carbonyl (C=O) groups excluding carboxylic acids is 1. The first-order valence-corrected chi connectivity index (χ1v) is 8.36. The minimum atomic E-state index is 0.138. The van der Waals surface area contributed by atoms with Crippen LogP contribution in [0.15, 0.2) is 0 Å². The molecular formula is C14H25NOS. The van der Waals surface area contributed by atoms with E-state index in [2.05, 4.69) is 4.90 Å². The summed E-state index contributed by atoms with van der Waals surface area (Å²) in [5, 5.41) is 0.138. The molecular weight excluding hydrogens is 230 g/mol. The van der Waals surface area contributed by atoms with Crippen molar-refractivity contribution in [1.82, 2.24) is 4.90 Å². The Morgan fingerprint density at radius 1 is 1.18 bits per heavy atom. The minimum absolute atomic E-state index is 0.138. The van der Waals surface area contributed by atoms with E-state index in [9.17, 15) is 4.79 Å². The molecule has 2 atom stereocenters. The van der Waals surface area contributed by atoms with Crippen molar-refractivity contribution in [1.29, 1.82) is 0 Å². The summed E-state index contributed by atoms with van der Waals surface area (Å²) in [5.74, 6) is 1.18. The van der Waals surface area contributed by atoms with Gasteiger partial charge in [0.1, 0.15) is 0 Å². The first-order chi connectivity index (χ1) is 8.24. The van der Waals surface area contributed by atoms with Gasteiger partial charge in [-0.15, -0.1) is 0 Å². The largest absolute Gasteiger partial charge is 0.338 e. The van der Waals surface area contributed by atoms with Crippen LogP contribution in [0.1, 0.15) is 51.9 Å². The number of hydrogen-bond donors (Lipinski definition) is 0. The fourth-order valence-corrected chi connectivity index (χ4v) is 3.75. The molecule has 1 saturated carbocycles. The van der Waals surface area contributed by atoms with Gasteiger partial charge in [-0.1, -0.05) is 19.3 Å². The van der Waals surface area contributed by atoms with Gasteiger partial charge in [-0.25, -0.2) is 0 Å². The van der Waals surface area contributed by atoms with Crippen LogP contribution >= 0.6 is 11.8 Å². The lowest BCUT2D eigenvalue weighted by molar-refractivity contribution is -0.132. The molecule has 1 saturated heterocycles. The minimum Gasteiger partial charge on any atom is -0.338 e. The Balaban J connectivity index is 1.98. The lowest BCUT2D eigenvalue weighted by atomic mass is 9.83. The molecule has 0 N–H and O–H groups in total. The quantitative estimate of drug-likeness (QED) is 0.771. The molecule has 2 rings (SSSR count). The standard InChI is InChI=1S/C14H25NOS/c1-11(17-2)14(16)15-10-6-9-13(15)12-7-4-3-5-8-12/h11-13H,3-10H2,1-2H3/t11-,13+/m1/s1. The zero-order valence-corrected chi connectivity index (χ0v) is 12.0. The first-order valence-electron chi connectivity index (χ1n) is 7.07. The van der Waals surface area contributed by atoms with E-state index in [-0.39, 0.29) is 5.25 Å². The van der Waals surface area contributed by atoms with Crippen LogP contribution in [-0.4, -0.2) is 34.9 Å². The Bertz CT molecular complexity index is 263. The van der Waals surface area contributed by atoms with Crippen molar-refractivity contribution >= 4 is 17.7 Å². The van der Waals surface area contributed by atoms with E-state index in [0.717, 1.165) is 12.5 Å². The van der Waals surface area contributed by atoms with E-state index in [1.807, 2.05) is 13.2 Å². The third kappa shape index (κ3) is 2.98. The van der Waals surface area contributed by atoms with Crippen molar-refractivity contribution in [2.45, 2.75) is 63.2 Å². The lowest BCUT2D eigenvalue weighted by Gasteiger charge is -2.35. The van der Waals surface area contributed by atoms with Gasteiger partial charge in [0.2, 0.25) is 5.91 Å². The smallest absolute Gasteiger partial charge is 0.235 e. The summed E-state index contributed by atoms with van der Waals surface area (Å²) >= 11 is 1.68. The number of likely N-dealkylation sites (tertiary alicyclic amines) is 1. The summed E-state index contributed by atoms with van der Waals surface area (Å²) in [5.41, 5.74) is 0. The fraction of sp³-hybridized carbons (Fsp3) is 0.929. The summed E-state index contributed by atoms with van der Waals surface area (Å²) in [7, 11) is 0. The van der Waals surface area contributed by atoms with E-state index >= 15 is 0 Å². The number of rotatable bonds is 3. The fourth-order valence-electron chi connectivity index (χ4n) is 3.41. The molecule has 1 heterocycles. The highest BCUT2D eigenvalue weighted by Gasteiger charge is 2.36. The van der Waals surface area contributed by atoms with Crippen LogP contribution in [-0.2, 0) is 4.79 Å². The average molecular weight is 255 g/mol. The average Bonchev–Trinajstić information content (AvgIpc) is 2.87. The van der Waals surface area contributed by atoms with Crippen LogP contribution < -0.4 is 0 Å². The second-order valence-corrected chi connectivity index (χ2v) is 6.70. The third-order valence-corrected chi connectivity index (χ3v) is 5.39. The van der Waals surface area contributed by atoms with Crippen LogP contribution in [0, 0.1) is 5.92 Å². The Labute approximate surface area is 110 Å². The van der Waals surface area contributed by atoms with Crippen LogP contribution in [0.2, 0.25) is 0 Å². The Hall–Kier alpha value is -0.180. The number of nitrogens with zero attached hydrogens (tertiary/aromatic N) is 1. The maximum Gasteiger partial charge on any atom is 0.235 e. The van der Waals surface area contributed by atoms with E-state index in [4.69, 9.17) is 0 Å². The van der Waals surface area contributed by atoms with Gasteiger partial charge in [0.15, 0.2) is 0 Å². The molecule has 2 fully saturated rings. The molecule has 17 heavy (non-hydrogen) atoms. The van der Waals surface area contributed by atoms with E-state index in [1.54, 1.807) is 11.8 Å². The second kappa shape index (κ2) is 6.12. The van der Waals surface area contributed by atoms with Gasteiger partial charge in [-0.2, -0.15) is 11.8 Å². The molecule has 1 aliphatic heterocycles. The zero-order valence-electron chi connectivity index (χ0n) is 11.2. The van der Waals surface area contributed by atoms with Crippen LogP contribution in [0.4, 0.5) is 0 Å². The lowest BCUT2D eigenvalue weighted by Crippen LogP contribution is -2.44. The highest BCUT2D eigenvalue weighted by molar-refractivity contribution is 7.99. The van der Waals surface area contributed by atoms with Crippen molar-refractivity contribution in [2.75, 3.05) is 12.8 Å². The van der Waals surface area contributed by atoms with Gasteiger partial charge < -0.3 is 4.90 Å². The van der Waals surface area contributed by atoms with Crippen molar-refractivity contribution in [2.24, 2.45) is 5.92 Å². The van der Waals surface area contributed by atoms with E-state index in [1.165, 1.54) is 44.9 Å². The molecule has 0 aromatic rings. The van der Waals surface area contributed by atoms with Crippen LogP contribution in [0.3, 0.4) is 0 Å². The van der Waals surface area contributed by atoms with Crippen molar-refractivity contribution < 1.29 is 4.79 Å². The zero-order chi connectivity index (χ0) is 12.3. The highest BCUT2D eigenvalue weighted by atomic mass is 32.2. The van der Waals surface area contributed by atoms with Gasteiger partial charge in [0.25, 0.3) is 0 Å². The highest BCUT2D eigenvalue weighted by Crippen LogP contribution is 2.35. The molecule has 0 bridgehead atoms. The van der Waals surface area contributed by atoms with Crippen molar-refractivity contribution in [3.63, 3.8) is 0 Å². The van der Waals surface area contributed by atoms with Crippen molar-refractivity contribution in [3.8, 4) is 0 Å². The molecule has 3 heteroatoms. The molecule has 1 aliphatic carbocycles. The number of amides is 1. The van der Waals surface area contributed by atoms with Gasteiger partial charge in [-0.3, -0.25) is 4.79 Å². The molecule has 2 aliphatic rings. The topological polar surface area (TPSA) is 20.3 Å². The van der Waals surface area contributed by atoms with Gasteiger partial charge >= 0.3 is 0 Å². The summed E-state index contributed by atoms with van der Waals surface area (Å²) in [6.07, 6.45) is 11.4. The predicted octanol–water partition coefficient (Wildman–Crippen LogP) is 3.31. The summed E-state index contributed by atoms with van der Waals surface area (Å²) in [6, 6.07) is 0.567. The number of thioether (sulfide) groups is 1. The molecule has 0 radical (unpaired) electrons. The Morgan fingerprint density at radius 3 is 2.53 bits per heavy atom. The molecule has 98 valence electrons. The van der Waals surface area contributed by atoms with Crippen molar-refractivity contribution in [3.05, 3.63) is 0 Å². The van der Waals surface area contributed by atoms with E-state index < -0.39 is 0 Å². The van der Waals surface area contributed by atoms with Gasteiger partial charge in [0, 0.05) is 12.6 Å². The van der Waals surface area contributed by atoms with E-state index in [0.29, 0.717) is 11.9 Å². The maximum absolute atomic E-state index is 12.3. The molecule has 0 aromatic heterocycles. The Kier molecular flexibility index (Phi) is 4.78. The normalized spacial score (nSPS) is 28.4. The van der Waals surface area contributed by atoms with Gasteiger partial charge in [-0.05, 0) is 44.8 Å². The van der Waals surface area contributed by atoms with Crippen LogP contribution in [0.5, 0.6) is 0 Å². The molecule has 0 spiro atoms. The SMILES string of the molecule is CS[C@H](C)C(=O)N1CCC[C@H]1C1CCCCC1. The predicted molar refractivity (Wildman–Crippen MR) is 74.3 cm³/mol. The molecule has 0 unspecified atom stereocenters. The summed E-state index contributed by atoms with van der Waals surface area (Å²) in [6.45, 7) is 3.05. The summed E-state index contributed by atoms with van der Waals surface area (Å²) < 4.78 is 0. The molecule has 2 nitrogen and oxygen atoms in total. The molecule has 1 amide bonds.